The van der Waals surface area contributed by atoms with Crippen molar-refractivity contribution in [2.45, 2.75) is 38.6 Å². The molecule has 1 aromatic carbocycles. The number of aryl methyl sites for hydroxylation is 1. The molecule has 21 heavy (non-hydrogen) atoms. The smallest absolute Gasteiger partial charge is 0.120 e. The third kappa shape index (κ3) is 2.79. The van der Waals surface area contributed by atoms with Crippen LogP contribution in [0.3, 0.4) is 0 Å². The Balaban J connectivity index is 1.70. The zero-order chi connectivity index (χ0) is 14.8. The Kier molecular flexibility index (Phi) is 3.93. The quantitative estimate of drug-likeness (QED) is 0.902. The lowest BCUT2D eigenvalue weighted by Crippen LogP contribution is -2.22. The van der Waals surface area contributed by atoms with E-state index in [1.807, 2.05) is 24.4 Å². The molecule has 3 rings (SSSR count). The average molecular weight is 282 g/mol. The fourth-order valence-corrected chi connectivity index (χ4v) is 3.47. The number of aromatic hydroxyl groups is 1. The summed E-state index contributed by atoms with van der Waals surface area (Å²) in [5.41, 5.74) is 4.96. The highest BCUT2D eigenvalue weighted by molar-refractivity contribution is 5.50. The van der Waals surface area contributed by atoms with Crippen molar-refractivity contribution in [3.63, 3.8) is 0 Å². The molecular formula is C18H22N2O. The number of aromatic nitrogens is 1. The van der Waals surface area contributed by atoms with Crippen LogP contribution in [0.1, 0.15) is 47.6 Å². The van der Waals surface area contributed by atoms with Crippen LogP contribution in [-0.4, -0.2) is 16.6 Å². The number of pyridine rings is 1. The standard InChI is InChI=1S/C18H22N2O/c1-12-5-6-16(21)18-15(10-13(2)17(12)18)20-9-7-14-4-3-8-19-11-14/h3-6,8,11,13,15,20-21H,7,9-10H2,1-2H3. The second kappa shape index (κ2) is 5.86. The van der Waals surface area contributed by atoms with Gasteiger partial charge in [0.05, 0.1) is 0 Å². The molecule has 2 atom stereocenters. The molecule has 0 amide bonds. The van der Waals surface area contributed by atoms with Crippen molar-refractivity contribution >= 4 is 0 Å². The summed E-state index contributed by atoms with van der Waals surface area (Å²) in [5.74, 6) is 0.932. The first-order valence-corrected chi connectivity index (χ1v) is 7.61. The van der Waals surface area contributed by atoms with E-state index in [0.717, 1.165) is 24.9 Å². The van der Waals surface area contributed by atoms with Gasteiger partial charge in [-0.25, -0.2) is 0 Å². The highest BCUT2D eigenvalue weighted by atomic mass is 16.3. The Hall–Kier alpha value is -1.87. The van der Waals surface area contributed by atoms with Crippen LogP contribution >= 0.6 is 0 Å². The summed E-state index contributed by atoms with van der Waals surface area (Å²) in [6.45, 7) is 5.27. The third-order valence-corrected chi connectivity index (χ3v) is 4.44. The van der Waals surface area contributed by atoms with Crippen molar-refractivity contribution in [3.8, 4) is 5.75 Å². The van der Waals surface area contributed by atoms with E-state index in [9.17, 15) is 5.11 Å². The van der Waals surface area contributed by atoms with E-state index in [1.54, 1.807) is 6.20 Å². The lowest BCUT2D eigenvalue weighted by Gasteiger charge is -2.15. The minimum atomic E-state index is 0.256. The van der Waals surface area contributed by atoms with Gasteiger partial charge in [-0.15, -0.1) is 0 Å². The Morgan fingerprint density at radius 1 is 1.29 bits per heavy atom. The molecule has 0 saturated carbocycles. The molecule has 0 radical (unpaired) electrons. The molecule has 2 aromatic rings. The molecule has 110 valence electrons. The van der Waals surface area contributed by atoms with Crippen LogP contribution in [0.2, 0.25) is 0 Å². The molecule has 0 spiro atoms. The van der Waals surface area contributed by atoms with Gasteiger partial charge in [-0.3, -0.25) is 4.98 Å². The summed E-state index contributed by atoms with van der Waals surface area (Å²) in [5, 5.41) is 13.8. The van der Waals surface area contributed by atoms with Crippen molar-refractivity contribution in [3.05, 3.63) is 58.9 Å². The maximum Gasteiger partial charge on any atom is 0.120 e. The van der Waals surface area contributed by atoms with E-state index in [1.165, 1.54) is 16.7 Å². The Bertz CT molecular complexity index is 625. The van der Waals surface area contributed by atoms with Gasteiger partial charge >= 0.3 is 0 Å². The fraction of sp³-hybridized carbons (Fsp3) is 0.389. The van der Waals surface area contributed by atoms with E-state index < -0.39 is 0 Å². The van der Waals surface area contributed by atoms with Gasteiger partial charge in [0.1, 0.15) is 5.75 Å². The van der Waals surface area contributed by atoms with Crippen LogP contribution in [0.15, 0.2) is 36.7 Å². The molecule has 3 nitrogen and oxygen atoms in total. The molecule has 0 saturated heterocycles. The van der Waals surface area contributed by atoms with Gasteiger partial charge in [-0.2, -0.15) is 0 Å². The van der Waals surface area contributed by atoms with Crippen LogP contribution in [0, 0.1) is 6.92 Å². The molecule has 3 heteroatoms. The first kappa shape index (κ1) is 14.1. The minimum absolute atomic E-state index is 0.256. The number of phenols is 1. The number of benzene rings is 1. The molecule has 2 unspecified atom stereocenters. The average Bonchev–Trinajstić information content (AvgIpc) is 2.82. The van der Waals surface area contributed by atoms with E-state index in [4.69, 9.17) is 0 Å². The van der Waals surface area contributed by atoms with Crippen molar-refractivity contribution < 1.29 is 5.11 Å². The summed E-state index contributed by atoms with van der Waals surface area (Å²) in [7, 11) is 0. The van der Waals surface area contributed by atoms with Crippen LogP contribution in [-0.2, 0) is 6.42 Å². The van der Waals surface area contributed by atoms with E-state index in [0.29, 0.717) is 11.7 Å². The highest BCUT2D eigenvalue weighted by Crippen LogP contribution is 2.45. The molecule has 0 bridgehead atoms. The van der Waals surface area contributed by atoms with Crippen LogP contribution in [0.25, 0.3) is 0 Å². The maximum absolute atomic E-state index is 10.2. The Morgan fingerprint density at radius 2 is 2.14 bits per heavy atom. The van der Waals surface area contributed by atoms with E-state index >= 15 is 0 Å². The normalized spacial score (nSPS) is 20.5. The molecule has 0 fully saturated rings. The van der Waals surface area contributed by atoms with Gasteiger partial charge in [0, 0.05) is 24.0 Å². The number of nitrogens with zero attached hydrogens (tertiary/aromatic N) is 1. The largest absolute Gasteiger partial charge is 0.508 e. The van der Waals surface area contributed by atoms with Crippen molar-refractivity contribution in [1.82, 2.24) is 10.3 Å². The van der Waals surface area contributed by atoms with Gasteiger partial charge in [-0.1, -0.05) is 19.1 Å². The molecule has 2 N–H and O–H groups in total. The summed E-state index contributed by atoms with van der Waals surface area (Å²) >= 11 is 0. The fourth-order valence-electron chi connectivity index (χ4n) is 3.47. The number of hydrogen-bond acceptors (Lipinski definition) is 3. The zero-order valence-corrected chi connectivity index (χ0v) is 12.6. The first-order valence-electron chi connectivity index (χ1n) is 7.61. The van der Waals surface area contributed by atoms with E-state index in [-0.39, 0.29) is 6.04 Å². The topological polar surface area (TPSA) is 45.1 Å². The molecular weight excluding hydrogens is 260 g/mol. The minimum Gasteiger partial charge on any atom is -0.508 e. The summed E-state index contributed by atoms with van der Waals surface area (Å²) in [4.78, 5) is 4.14. The molecule has 1 aliphatic carbocycles. The molecule has 1 heterocycles. The molecule has 0 aliphatic heterocycles. The predicted molar refractivity (Wildman–Crippen MR) is 84.6 cm³/mol. The SMILES string of the molecule is Cc1ccc(O)c2c1C(C)CC2NCCc1cccnc1. The number of hydrogen-bond donors (Lipinski definition) is 2. The Morgan fingerprint density at radius 3 is 2.90 bits per heavy atom. The Labute approximate surface area is 126 Å². The highest BCUT2D eigenvalue weighted by Gasteiger charge is 2.31. The number of rotatable bonds is 4. The van der Waals surface area contributed by atoms with Gasteiger partial charge in [0.2, 0.25) is 0 Å². The van der Waals surface area contributed by atoms with Crippen molar-refractivity contribution in [2.24, 2.45) is 0 Å². The second-order valence-corrected chi connectivity index (χ2v) is 5.98. The molecule has 1 aromatic heterocycles. The van der Waals surface area contributed by atoms with E-state index in [2.05, 4.69) is 30.2 Å². The number of fused-ring (bicyclic) bond motifs is 1. The van der Waals surface area contributed by atoms with Gasteiger partial charge < -0.3 is 10.4 Å². The zero-order valence-electron chi connectivity index (χ0n) is 12.6. The van der Waals surface area contributed by atoms with Crippen LogP contribution < -0.4 is 5.32 Å². The summed E-state index contributed by atoms with van der Waals surface area (Å²) in [6, 6.07) is 8.16. The number of phenolic OH excluding ortho intramolecular Hbond substituents is 1. The van der Waals surface area contributed by atoms with Crippen molar-refractivity contribution in [2.75, 3.05) is 6.54 Å². The van der Waals surface area contributed by atoms with Gasteiger partial charge in [-0.05, 0) is 61.1 Å². The van der Waals surface area contributed by atoms with Gasteiger partial charge in [0.15, 0.2) is 0 Å². The first-order chi connectivity index (χ1) is 10.2. The second-order valence-electron chi connectivity index (χ2n) is 5.98. The van der Waals surface area contributed by atoms with Crippen LogP contribution in [0.5, 0.6) is 5.75 Å². The monoisotopic (exact) mass is 282 g/mol. The molecule has 1 aliphatic rings. The lowest BCUT2D eigenvalue weighted by molar-refractivity contribution is 0.446. The number of nitrogens with one attached hydrogen (secondary N) is 1. The maximum atomic E-state index is 10.2. The van der Waals surface area contributed by atoms with Crippen molar-refractivity contribution in [1.29, 1.82) is 0 Å². The lowest BCUT2D eigenvalue weighted by atomic mass is 9.97. The summed E-state index contributed by atoms with van der Waals surface area (Å²) < 4.78 is 0. The van der Waals surface area contributed by atoms with Gasteiger partial charge in [0.25, 0.3) is 0 Å². The van der Waals surface area contributed by atoms with Crippen LogP contribution in [0.4, 0.5) is 0 Å². The third-order valence-electron chi connectivity index (χ3n) is 4.44. The summed E-state index contributed by atoms with van der Waals surface area (Å²) in [6.07, 6.45) is 5.72. The predicted octanol–water partition coefficient (Wildman–Crippen LogP) is 3.48.